The molecule has 0 saturated carbocycles. The fourth-order valence-electron chi connectivity index (χ4n) is 9.92. The molecule has 1 aliphatic rings. The van der Waals surface area contributed by atoms with Gasteiger partial charge in [-0.05, 0) is 91.2 Å². The number of rotatable bonds is 4. The van der Waals surface area contributed by atoms with Gasteiger partial charge in [0.2, 0.25) is 0 Å². The molecule has 5 heterocycles. The Balaban J connectivity index is 0.00000186. The number of aryl methyl sites for hydroxylation is 1. The first-order valence-corrected chi connectivity index (χ1v) is 21.6. The second-order valence-corrected chi connectivity index (χ2v) is 16.4. The Morgan fingerprint density at radius 2 is 0.814 bits per heavy atom. The summed E-state index contributed by atoms with van der Waals surface area (Å²) < 4.78 is 11.3. The highest BCUT2D eigenvalue weighted by Gasteiger charge is 2.26. The molecule has 0 aliphatic heterocycles. The first-order valence-electron chi connectivity index (χ1n) is 20.7. The van der Waals surface area contributed by atoms with Crippen molar-refractivity contribution in [3.8, 4) is 17.1 Å². The fraction of sp³-hybridized carbons (Fsp3) is 0.0741. The van der Waals surface area contributed by atoms with Crippen LogP contribution in [0.5, 0.6) is 0 Å². The minimum Gasteiger partial charge on any atom is -0.299 e. The summed E-state index contributed by atoms with van der Waals surface area (Å²) in [6.45, 7) is 4.00. The predicted molar refractivity (Wildman–Crippen MR) is 253 cm³/mol. The zero-order chi connectivity index (χ0) is 39.2. The lowest BCUT2D eigenvalue weighted by Crippen LogP contribution is -2.06. The van der Waals surface area contributed by atoms with Crippen molar-refractivity contribution < 1.29 is 0 Å². The lowest BCUT2D eigenvalue weighted by atomic mass is 9.99. The van der Waals surface area contributed by atoms with Gasteiger partial charge in [-0.3, -0.25) is 18.3 Å². The van der Waals surface area contributed by atoms with Crippen LogP contribution in [0, 0.1) is 0 Å². The van der Waals surface area contributed by atoms with E-state index < -0.39 is 0 Å². The van der Waals surface area contributed by atoms with Gasteiger partial charge in [-0.1, -0.05) is 123 Å². The lowest BCUT2D eigenvalue weighted by molar-refractivity contribution is 0.952. The van der Waals surface area contributed by atoms with Gasteiger partial charge in [-0.25, -0.2) is 0 Å². The first-order chi connectivity index (χ1) is 29.3. The molecular formula is C54H40N4S. The quantitative estimate of drug-likeness (QED) is 0.170. The van der Waals surface area contributed by atoms with E-state index in [9.17, 15) is 0 Å². The summed E-state index contributed by atoms with van der Waals surface area (Å²) in [5, 5.41) is 9.03. The predicted octanol–water partition coefficient (Wildman–Crippen LogP) is 15.0. The van der Waals surface area contributed by atoms with Gasteiger partial charge in [0, 0.05) is 70.0 Å². The molecule has 0 saturated heterocycles. The number of benzene rings is 7. The molecule has 0 N–H and O–H groups in total. The molecule has 7 aromatic carbocycles. The number of para-hydroxylation sites is 6. The Kier molecular flexibility index (Phi) is 7.63. The Morgan fingerprint density at radius 3 is 1.32 bits per heavy atom. The van der Waals surface area contributed by atoms with E-state index in [-0.39, 0.29) is 0 Å². The van der Waals surface area contributed by atoms with Gasteiger partial charge in [-0.2, -0.15) is 0 Å². The normalized spacial score (nSPS) is 12.9. The molecule has 59 heavy (non-hydrogen) atoms. The third kappa shape index (κ3) is 4.83. The molecule has 12 aromatic rings. The van der Waals surface area contributed by atoms with Crippen molar-refractivity contribution in [2.45, 2.75) is 26.7 Å². The van der Waals surface area contributed by atoms with Crippen LogP contribution < -0.4 is 0 Å². The minimum atomic E-state index is 0.969. The molecule has 0 spiro atoms. The summed E-state index contributed by atoms with van der Waals surface area (Å²) in [4.78, 5) is 1.46. The average Bonchev–Trinajstić information content (AvgIpc) is 4.10. The Labute approximate surface area is 345 Å². The minimum absolute atomic E-state index is 0.969. The molecule has 282 valence electrons. The Hall–Kier alpha value is -7.08. The standard InChI is InChI=1S/C52H34N4S.C2H6/c1-3-15-33(16-4-1)53-43-23-11-7-19-37(43)49-39-21-9-13-25-45(39)55(51(49)53)35-27-29-47-41(31-35)42-32-36(28-30-48(42)57-47)56-46-26-14-10-22-40(46)50-38-20-8-12-24-44(38)54(52(50)56)34-17-5-2-6-18-34;1-2/h1-27,29,31-32H,28,30H2;1-2H3. The van der Waals surface area contributed by atoms with Crippen LogP contribution >= 0.6 is 11.3 Å². The van der Waals surface area contributed by atoms with Gasteiger partial charge in [0.15, 0.2) is 0 Å². The number of allylic oxidation sites excluding steroid dienone is 1. The molecule has 1 aliphatic carbocycles. The first kappa shape index (κ1) is 34.0. The summed E-state index contributed by atoms with van der Waals surface area (Å²) in [7, 11) is 0. The topological polar surface area (TPSA) is 19.7 Å². The second-order valence-electron chi connectivity index (χ2n) is 15.2. The molecule has 5 heteroatoms. The maximum Gasteiger partial charge on any atom is 0.131 e. The van der Waals surface area contributed by atoms with E-state index in [0.717, 1.165) is 18.5 Å². The maximum absolute atomic E-state index is 2.56. The van der Waals surface area contributed by atoms with E-state index in [0.29, 0.717) is 0 Å². The molecule has 0 radical (unpaired) electrons. The van der Waals surface area contributed by atoms with Crippen LogP contribution in [0.4, 0.5) is 0 Å². The van der Waals surface area contributed by atoms with Crippen molar-refractivity contribution in [1.82, 2.24) is 18.3 Å². The van der Waals surface area contributed by atoms with Crippen LogP contribution in [0.15, 0.2) is 176 Å². The molecule has 0 bridgehead atoms. The zero-order valence-corrected chi connectivity index (χ0v) is 33.7. The summed E-state index contributed by atoms with van der Waals surface area (Å²) >= 11 is 1.95. The van der Waals surface area contributed by atoms with Crippen molar-refractivity contribution in [3.05, 3.63) is 186 Å². The van der Waals surface area contributed by atoms with E-state index in [1.165, 1.54) is 103 Å². The number of aromatic nitrogens is 4. The molecule has 0 atom stereocenters. The highest BCUT2D eigenvalue weighted by atomic mass is 32.1. The Bertz CT molecular complexity index is 3620. The zero-order valence-electron chi connectivity index (χ0n) is 32.9. The molecule has 13 rings (SSSR count). The van der Waals surface area contributed by atoms with Crippen molar-refractivity contribution in [2.75, 3.05) is 0 Å². The van der Waals surface area contributed by atoms with Gasteiger partial charge in [0.1, 0.15) is 11.3 Å². The largest absolute Gasteiger partial charge is 0.299 e. The summed E-state index contributed by atoms with van der Waals surface area (Å²) in [5.74, 6) is 0. The van der Waals surface area contributed by atoms with Crippen LogP contribution in [0.1, 0.15) is 30.7 Å². The van der Waals surface area contributed by atoms with Crippen LogP contribution in [-0.4, -0.2) is 18.3 Å². The fourth-order valence-corrected chi connectivity index (χ4v) is 11.1. The van der Waals surface area contributed by atoms with Crippen LogP contribution in [0.2, 0.25) is 0 Å². The van der Waals surface area contributed by atoms with E-state index in [1.807, 2.05) is 25.2 Å². The molecular weight excluding hydrogens is 737 g/mol. The molecule has 0 unspecified atom stereocenters. The monoisotopic (exact) mass is 776 g/mol. The molecule has 0 fully saturated rings. The number of thiophene rings is 1. The Morgan fingerprint density at radius 1 is 0.390 bits per heavy atom. The van der Waals surface area contributed by atoms with Crippen molar-refractivity contribution in [1.29, 1.82) is 0 Å². The SMILES string of the molecule is C1=C(n2c3ccccc3c3c4ccccc4n(-c4ccccc4)c32)CCc2sc3ccc(-n4c5ccccc5c5c6ccccc6n(-c6ccccc6)c54)cc3c21.CC. The number of nitrogens with zero attached hydrogens (tertiary/aromatic N) is 4. The number of hydrogen-bond donors (Lipinski definition) is 0. The summed E-state index contributed by atoms with van der Waals surface area (Å²) in [5.41, 5.74) is 13.5. The van der Waals surface area contributed by atoms with Gasteiger partial charge >= 0.3 is 0 Å². The van der Waals surface area contributed by atoms with E-state index in [2.05, 4.69) is 200 Å². The summed E-state index contributed by atoms with van der Waals surface area (Å²) in [6, 6.07) is 64.4. The lowest BCUT2D eigenvalue weighted by Gasteiger charge is -2.19. The highest BCUT2D eigenvalue weighted by molar-refractivity contribution is 7.19. The smallest absolute Gasteiger partial charge is 0.131 e. The van der Waals surface area contributed by atoms with E-state index in [1.54, 1.807) is 0 Å². The highest BCUT2D eigenvalue weighted by Crippen LogP contribution is 2.46. The van der Waals surface area contributed by atoms with E-state index in [4.69, 9.17) is 0 Å². The third-order valence-corrected chi connectivity index (χ3v) is 13.5. The van der Waals surface area contributed by atoms with Gasteiger partial charge in [0.05, 0.1) is 22.1 Å². The third-order valence-electron chi connectivity index (χ3n) is 12.2. The van der Waals surface area contributed by atoms with Crippen molar-refractivity contribution >= 4 is 98.9 Å². The van der Waals surface area contributed by atoms with Crippen molar-refractivity contribution in [2.24, 2.45) is 0 Å². The van der Waals surface area contributed by atoms with Gasteiger partial charge < -0.3 is 0 Å². The number of hydrogen-bond acceptors (Lipinski definition) is 1. The van der Waals surface area contributed by atoms with Crippen LogP contribution in [-0.2, 0) is 6.42 Å². The van der Waals surface area contributed by atoms with Gasteiger partial charge in [-0.15, -0.1) is 11.3 Å². The molecule has 4 nitrogen and oxygen atoms in total. The van der Waals surface area contributed by atoms with Crippen LogP contribution in [0.25, 0.3) is 105 Å². The second kappa shape index (κ2) is 13.2. The average molecular weight is 777 g/mol. The van der Waals surface area contributed by atoms with Gasteiger partial charge in [0.25, 0.3) is 0 Å². The molecule has 0 amide bonds. The van der Waals surface area contributed by atoms with E-state index >= 15 is 0 Å². The number of fused-ring (bicyclic) bond motifs is 13. The maximum atomic E-state index is 2.56. The molecule has 5 aromatic heterocycles. The summed E-state index contributed by atoms with van der Waals surface area (Å²) in [6.07, 6.45) is 4.48. The van der Waals surface area contributed by atoms with Crippen molar-refractivity contribution in [3.63, 3.8) is 0 Å². The van der Waals surface area contributed by atoms with Crippen LogP contribution in [0.3, 0.4) is 0 Å².